The summed E-state index contributed by atoms with van der Waals surface area (Å²) in [4.78, 5) is 0. The molecular weight excluding hydrogens is 260 g/mol. The van der Waals surface area contributed by atoms with E-state index in [-0.39, 0.29) is 0 Å². The highest BCUT2D eigenvalue weighted by molar-refractivity contribution is 9.08. The Bertz CT molecular complexity index is 212. The van der Waals surface area contributed by atoms with Crippen LogP contribution in [0.4, 0.5) is 0 Å². The molecule has 0 saturated heterocycles. The molecule has 0 heterocycles. The summed E-state index contributed by atoms with van der Waals surface area (Å²) in [5.41, 5.74) is 1.64. The van der Waals surface area contributed by atoms with Crippen LogP contribution >= 0.6 is 32.3 Å². The van der Waals surface area contributed by atoms with Crippen LogP contribution in [0.5, 0.6) is 0 Å². The molecule has 0 aliphatic heterocycles. The first-order valence-electron chi connectivity index (χ1n) is 2.61. The zero-order valence-electron chi connectivity index (χ0n) is 4.96. The summed E-state index contributed by atoms with van der Waals surface area (Å²) in [5.74, 6) is 0. The van der Waals surface area contributed by atoms with E-state index in [4.69, 9.17) is 0 Å². The minimum atomic E-state index is 0.819. The fourth-order valence-corrected chi connectivity index (χ4v) is 1.21. The fraction of sp³-hybridized carbons (Fsp3) is 0. The summed E-state index contributed by atoms with van der Waals surface area (Å²) < 4.78 is 7.66. The monoisotopic (exact) mass is 262 g/mol. The van der Waals surface area contributed by atoms with Crippen LogP contribution in [0.25, 0.3) is 0 Å². The summed E-state index contributed by atoms with van der Waals surface area (Å²) in [6, 6.07) is 0. The van der Waals surface area contributed by atoms with Crippen molar-refractivity contribution in [1.29, 1.82) is 0 Å². The number of hydrogen-bond donors (Lipinski definition) is 0. The van der Waals surface area contributed by atoms with Crippen LogP contribution < -0.4 is 0 Å². The van der Waals surface area contributed by atoms with Gasteiger partial charge in [0.1, 0.15) is 0 Å². The lowest BCUT2D eigenvalue weighted by molar-refractivity contribution is 1.84. The summed E-state index contributed by atoms with van der Waals surface area (Å²) in [5, 5.41) is 0. The standard InChI is InChI=1S/C6H4Br2N2/c7-9-5-3-1-2-4-6(5)10-8/h1-4H/b9-5+,10-6?. The molecule has 0 aromatic rings. The normalized spacial score (nSPS) is 24.6. The molecule has 0 radical (unpaired) electrons. The smallest absolute Gasteiger partial charge is 0.0976 e. The maximum atomic E-state index is 3.83. The van der Waals surface area contributed by atoms with E-state index in [9.17, 15) is 0 Å². The second kappa shape index (κ2) is 3.83. The average Bonchev–Trinajstić information content (AvgIpc) is 2.04. The number of allylic oxidation sites excluding steroid dienone is 4. The quantitative estimate of drug-likeness (QED) is 0.601. The van der Waals surface area contributed by atoms with Crippen molar-refractivity contribution in [2.45, 2.75) is 0 Å². The van der Waals surface area contributed by atoms with E-state index in [2.05, 4.69) is 40.3 Å². The third-order valence-electron chi connectivity index (χ3n) is 1.06. The topological polar surface area (TPSA) is 24.7 Å². The number of rotatable bonds is 0. The number of hydrogen-bond acceptors (Lipinski definition) is 2. The molecular formula is C6H4Br2N2. The lowest BCUT2D eigenvalue weighted by atomic mass is 10.1. The Hall–Kier alpha value is -0.220. The highest BCUT2D eigenvalue weighted by Gasteiger charge is 2.02. The molecule has 10 heavy (non-hydrogen) atoms. The van der Waals surface area contributed by atoms with Gasteiger partial charge in [0, 0.05) is 0 Å². The molecule has 4 heteroatoms. The van der Waals surface area contributed by atoms with Gasteiger partial charge in [-0.25, -0.2) is 8.04 Å². The van der Waals surface area contributed by atoms with Gasteiger partial charge in [-0.15, -0.1) is 0 Å². The molecule has 1 aliphatic carbocycles. The molecule has 0 aromatic heterocycles. The second-order valence-electron chi connectivity index (χ2n) is 1.66. The highest BCUT2D eigenvalue weighted by Crippen LogP contribution is 2.02. The van der Waals surface area contributed by atoms with Crippen molar-refractivity contribution >= 4 is 43.7 Å². The van der Waals surface area contributed by atoms with Crippen molar-refractivity contribution in [3.05, 3.63) is 24.3 Å². The van der Waals surface area contributed by atoms with E-state index < -0.39 is 0 Å². The highest BCUT2D eigenvalue weighted by atomic mass is 79.9. The van der Waals surface area contributed by atoms with E-state index in [0.29, 0.717) is 0 Å². The molecule has 0 spiro atoms. The van der Waals surface area contributed by atoms with Crippen molar-refractivity contribution in [3.8, 4) is 0 Å². The largest absolute Gasteiger partial charge is 0.205 e. The summed E-state index contributed by atoms with van der Waals surface area (Å²) in [6.45, 7) is 0. The van der Waals surface area contributed by atoms with Crippen molar-refractivity contribution in [3.63, 3.8) is 0 Å². The van der Waals surface area contributed by atoms with Crippen LogP contribution in [-0.4, -0.2) is 11.4 Å². The van der Waals surface area contributed by atoms with Crippen LogP contribution in [-0.2, 0) is 0 Å². The zero-order chi connectivity index (χ0) is 7.40. The summed E-state index contributed by atoms with van der Waals surface area (Å²) in [7, 11) is 0. The Balaban J connectivity index is 2.96. The number of nitrogens with zero attached hydrogens (tertiary/aromatic N) is 2. The van der Waals surface area contributed by atoms with Crippen LogP contribution in [0.3, 0.4) is 0 Å². The van der Waals surface area contributed by atoms with E-state index >= 15 is 0 Å². The molecule has 0 saturated carbocycles. The molecule has 52 valence electrons. The van der Waals surface area contributed by atoms with E-state index in [1.54, 1.807) is 0 Å². The average molecular weight is 264 g/mol. The molecule has 0 atom stereocenters. The minimum Gasteiger partial charge on any atom is -0.205 e. The number of halogens is 2. The van der Waals surface area contributed by atoms with Gasteiger partial charge in [0.05, 0.1) is 43.7 Å². The first kappa shape index (κ1) is 7.88. The van der Waals surface area contributed by atoms with Crippen molar-refractivity contribution in [1.82, 2.24) is 0 Å². The SMILES string of the molecule is BrN=C1C=CC=C/C1=N\Br. The molecule has 0 bridgehead atoms. The Morgan fingerprint density at radius 2 is 1.30 bits per heavy atom. The molecule has 2 nitrogen and oxygen atoms in total. The summed E-state index contributed by atoms with van der Waals surface area (Å²) in [6.07, 6.45) is 7.55. The van der Waals surface area contributed by atoms with E-state index in [1.807, 2.05) is 24.3 Å². The second-order valence-corrected chi connectivity index (χ2v) is 2.37. The van der Waals surface area contributed by atoms with Gasteiger partial charge in [-0.05, 0) is 12.2 Å². The van der Waals surface area contributed by atoms with Gasteiger partial charge in [0.2, 0.25) is 0 Å². The Morgan fingerprint density at radius 1 is 0.900 bits per heavy atom. The maximum absolute atomic E-state index is 3.83. The lowest BCUT2D eigenvalue weighted by Gasteiger charge is -1.99. The van der Waals surface area contributed by atoms with Gasteiger partial charge in [0.15, 0.2) is 0 Å². The van der Waals surface area contributed by atoms with Gasteiger partial charge in [-0.3, -0.25) is 0 Å². The maximum Gasteiger partial charge on any atom is 0.0976 e. The molecule has 0 unspecified atom stereocenters. The fourth-order valence-electron chi connectivity index (χ4n) is 0.607. The third-order valence-corrected chi connectivity index (χ3v) is 1.83. The van der Waals surface area contributed by atoms with Gasteiger partial charge in [-0.1, -0.05) is 12.2 Å². The Morgan fingerprint density at radius 3 is 1.60 bits per heavy atom. The zero-order valence-corrected chi connectivity index (χ0v) is 8.13. The van der Waals surface area contributed by atoms with Gasteiger partial charge >= 0.3 is 0 Å². The van der Waals surface area contributed by atoms with Gasteiger partial charge in [-0.2, -0.15) is 0 Å². The third kappa shape index (κ3) is 1.64. The van der Waals surface area contributed by atoms with Crippen LogP contribution in [0, 0.1) is 0 Å². The van der Waals surface area contributed by atoms with Gasteiger partial charge < -0.3 is 0 Å². The summed E-state index contributed by atoms with van der Waals surface area (Å²) >= 11 is 5.99. The first-order chi connectivity index (χ1) is 4.88. The molecule has 1 rings (SSSR count). The van der Waals surface area contributed by atoms with Crippen LogP contribution in [0.1, 0.15) is 0 Å². The van der Waals surface area contributed by atoms with E-state index in [1.165, 1.54) is 0 Å². The minimum absolute atomic E-state index is 0.819. The molecule has 0 aromatic carbocycles. The van der Waals surface area contributed by atoms with Crippen molar-refractivity contribution in [2.75, 3.05) is 0 Å². The molecule has 0 N–H and O–H groups in total. The predicted molar refractivity (Wildman–Crippen MR) is 51.0 cm³/mol. The predicted octanol–water partition coefficient (Wildman–Crippen LogP) is 2.61. The Kier molecular flexibility index (Phi) is 3.02. The van der Waals surface area contributed by atoms with E-state index in [0.717, 1.165) is 11.4 Å². The van der Waals surface area contributed by atoms with Crippen molar-refractivity contribution in [2.24, 2.45) is 8.04 Å². The first-order valence-corrected chi connectivity index (χ1v) is 4.03. The molecule has 0 amide bonds. The van der Waals surface area contributed by atoms with Crippen molar-refractivity contribution < 1.29 is 0 Å². The Labute approximate surface area is 76.1 Å². The molecule has 1 aliphatic rings. The molecule has 0 fully saturated rings. The van der Waals surface area contributed by atoms with Crippen LogP contribution in [0.15, 0.2) is 32.3 Å². The van der Waals surface area contributed by atoms with Gasteiger partial charge in [0.25, 0.3) is 0 Å². The lowest BCUT2D eigenvalue weighted by Crippen LogP contribution is -2.08. The van der Waals surface area contributed by atoms with Crippen LogP contribution in [0.2, 0.25) is 0 Å².